The summed E-state index contributed by atoms with van der Waals surface area (Å²) in [4.78, 5) is 0. The molecular formula is C15H24ClNO3. The van der Waals surface area contributed by atoms with Gasteiger partial charge in [0, 0.05) is 5.70 Å². The first-order chi connectivity index (χ1) is 9.53. The number of halogens is 1. The summed E-state index contributed by atoms with van der Waals surface area (Å²) < 4.78 is 17.4. The molecule has 3 aliphatic rings. The fraction of sp³-hybridized carbons (Fsp3) is 0.867. The summed E-state index contributed by atoms with van der Waals surface area (Å²) >= 11 is 6.22. The molecule has 1 saturated heterocycles. The quantitative estimate of drug-likeness (QED) is 0.643. The van der Waals surface area contributed by atoms with Crippen molar-refractivity contribution in [2.24, 2.45) is 0 Å². The zero-order valence-electron chi connectivity index (χ0n) is 12.3. The summed E-state index contributed by atoms with van der Waals surface area (Å²) in [5.74, 6) is -0.477. The summed E-state index contributed by atoms with van der Waals surface area (Å²) in [5.41, 5.74) is 2.78. The van der Waals surface area contributed by atoms with Crippen molar-refractivity contribution >= 4 is 11.6 Å². The molecule has 20 heavy (non-hydrogen) atoms. The maximum atomic E-state index is 6.22. The van der Waals surface area contributed by atoms with Crippen LogP contribution in [0.1, 0.15) is 46.0 Å². The third-order valence-electron chi connectivity index (χ3n) is 4.21. The van der Waals surface area contributed by atoms with Gasteiger partial charge in [-0.2, -0.15) is 0 Å². The molecule has 3 unspecified atom stereocenters. The Kier molecular flexibility index (Phi) is 4.27. The predicted molar refractivity (Wildman–Crippen MR) is 77.5 cm³/mol. The molecule has 0 aromatic heterocycles. The van der Waals surface area contributed by atoms with Crippen molar-refractivity contribution in [2.45, 2.75) is 69.4 Å². The Morgan fingerprint density at radius 3 is 2.95 bits per heavy atom. The third-order valence-corrected chi connectivity index (χ3v) is 4.54. The molecule has 1 aliphatic carbocycles. The van der Waals surface area contributed by atoms with E-state index in [0.29, 0.717) is 13.2 Å². The molecule has 2 aliphatic heterocycles. The summed E-state index contributed by atoms with van der Waals surface area (Å²) in [6.45, 7) is 5.07. The van der Waals surface area contributed by atoms with Crippen LogP contribution >= 0.6 is 11.6 Å². The van der Waals surface area contributed by atoms with Gasteiger partial charge in [-0.1, -0.05) is 11.6 Å². The molecule has 0 aromatic carbocycles. The van der Waals surface area contributed by atoms with Crippen molar-refractivity contribution in [1.29, 1.82) is 0 Å². The predicted octanol–water partition coefficient (Wildman–Crippen LogP) is 2.91. The van der Waals surface area contributed by atoms with Crippen molar-refractivity contribution in [2.75, 3.05) is 13.2 Å². The van der Waals surface area contributed by atoms with Crippen molar-refractivity contribution < 1.29 is 14.2 Å². The summed E-state index contributed by atoms with van der Waals surface area (Å²) in [6, 6.07) is 0. The average Bonchev–Trinajstić information content (AvgIpc) is 2.76. The molecule has 3 atom stereocenters. The Hall–Kier alpha value is -0.290. The minimum absolute atomic E-state index is 0.0337. The second-order valence-electron chi connectivity index (χ2n) is 6.33. The Bertz CT molecular complexity index is 397. The smallest absolute Gasteiger partial charge is 0.163 e. The molecule has 0 bridgehead atoms. The number of allylic oxidation sites excluding steroid dienone is 1. The molecule has 5 heteroatoms. The van der Waals surface area contributed by atoms with Crippen LogP contribution in [0, 0.1) is 0 Å². The highest BCUT2D eigenvalue weighted by Gasteiger charge is 2.34. The van der Waals surface area contributed by atoms with Crippen LogP contribution in [0.15, 0.2) is 11.3 Å². The van der Waals surface area contributed by atoms with Gasteiger partial charge in [0.1, 0.15) is 11.6 Å². The lowest BCUT2D eigenvalue weighted by atomic mass is 9.88. The van der Waals surface area contributed by atoms with E-state index in [0.717, 1.165) is 19.3 Å². The van der Waals surface area contributed by atoms with E-state index in [1.54, 1.807) is 0 Å². The van der Waals surface area contributed by atoms with Crippen molar-refractivity contribution in [3.05, 3.63) is 11.3 Å². The first-order valence-electron chi connectivity index (χ1n) is 7.59. The molecule has 0 spiro atoms. The number of hydrogen-bond donors (Lipinski definition) is 1. The molecule has 114 valence electrons. The van der Waals surface area contributed by atoms with Gasteiger partial charge in [0.15, 0.2) is 5.79 Å². The fourth-order valence-electron chi connectivity index (χ4n) is 3.24. The van der Waals surface area contributed by atoms with Crippen LogP contribution in [0.25, 0.3) is 0 Å². The van der Waals surface area contributed by atoms with Crippen LogP contribution in [0.5, 0.6) is 0 Å². The highest BCUT2D eigenvalue weighted by molar-refractivity contribution is 6.20. The molecule has 0 saturated carbocycles. The number of rotatable bonds is 3. The summed E-state index contributed by atoms with van der Waals surface area (Å²) in [5, 5.41) is 3.41. The first kappa shape index (κ1) is 14.6. The van der Waals surface area contributed by atoms with Gasteiger partial charge in [0.25, 0.3) is 0 Å². The Morgan fingerprint density at radius 2 is 2.20 bits per heavy atom. The molecule has 4 nitrogen and oxygen atoms in total. The molecule has 0 amide bonds. The van der Waals surface area contributed by atoms with Crippen LogP contribution < -0.4 is 5.32 Å². The maximum absolute atomic E-state index is 6.22. The standard InChI is InChI=1S/C15H24ClNO3/c1-15(2)19-9-11(20-15)8-18-12-5-3-4-10-6-7-13(16)17-14(10)12/h11-13,17H,3-9H2,1-2H3. The van der Waals surface area contributed by atoms with E-state index < -0.39 is 5.79 Å². The fourth-order valence-corrected chi connectivity index (χ4v) is 3.47. The van der Waals surface area contributed by atoms with Gasteiger partial charge in [-0.15, -0.1) is 0 Å². The number of hydrogen-bond acceptors (Lipinski definition) is 4. The highest BCUT2D eigenvalue weighted by atomic mass is 35.5. The van der Waals surface area contributed by atoms with Crippen LogP contribution in [-0.2, 0) is 14.2 Å². The van der Waals surface area contributed by atoms with Gasteiger partial charge < -0.3 is 19.5 Å². The Morgan fingerprint density at radius 1 is 1.35 bits per heavy atom. The average molecular weight is 302 g/mol. The maximum Gasteiger partial charge on any atom is 0.163 e. The number of nitrogens with one attached hydrogen (secondary N) is 1. The molecule has 0 aromatic rings. The lowest BCUT2D eigenvalue weighted by Crippen LogP contribution is -2.39. The monoisotopic (exact) mass is 301 g/mol. The van der Waals surface area contributed by atoms with E-state index in [4.69, 9.17) is 25.8 Å². The summed E-state index contributed by atoms with van der Waals surface area (Å²) in [6.07, 6.45) is 5.74. The van der Waals surface area contributed by atoms with Gasteiger partial charge in [-0.3, -0.25) is 0 Å². The van der Waals surface area contributed by atoms with Gasteiger partial charge in [0.2, 0.25) is 0 Å². The van der Waals surface area contributed by atoms with E-state index >= 15 is 0 Å². The zero-order chi connectivity index (χ0) is 14.2. The van der Waals surface area contributed by atoms with Crippen molar-refractivity contribution in [3.63, 3.8) is 0 Å². The van der Waals surface area contributed by atoms with Crippen LogP contribution in [-0.4, -0.2) is 36.7 Å². The van der Waals surface area contributed by atoms with Crippen LogP contribution in [0.2, 0.25) is 0 Å². The van der Waals surface area contributed by atoms with Gasteiger partial charge in [0.05, 0.1) is 19.3 Å². The number of alkyl halides is 1. The highest BCUT2D eigenvalue weighted by Crippen LogP contribution is 2.33. The normalized spacial score (nSPS) is 36.6. The Balaban J connectivity index is 1.57. The Labute approximate surface area is 125 Å². The van der Waals surface area contributed by atoms with Gasteiger partial charge in [-0.25, -0.2) is 0 Å². The van der Waals surface area contributed by atoms with E-state index in [-0.39, 0.29) is 17.7 Å². The van der Waals surface area contributed by atoms with Gasteiger partial charge >= 0.3 is 0 Å². The molecule has 2 heterocycles. The zero-order valence-corrected chi connectivity index (χ0v) is 13.0. The first-order valence-corrected chi connectivity index (χ1v) is 8.03. The van der Waals surface area contributed by atoms with Crippen molar-refractivity contribution in [1.82, 2.24) is 5.32 Å². The van der Waals surface area contributed by atoms with Crippen LogP contribution in [0.3, 0.4) is 0 Å². The lowest BCUT2D eigenvalue weighted by Gasteiger charge is -2.35. The second-order valence-corrected chi connectivity index (χ2v) is 6.86. The third kappa shape index (κ3) is 3.30. The van der Waals surface area contributed by atoms with E-state index in [9.17, 15) is 0 Å². The summed E-state index contributed by atoms with van der Waals surface area (Å²) in [7, 11) is 0. The van der Waals surface area contributed by atoms with Crippen LogP contribution in [0.4, 0.5) is 0 Å². The number of ether oxygens (including phenoxy) is 3. The second kappa shape index (κ2) is 5.84. The largest absolute Gasteiger partial charge is 0.370 e. The molecule has 3 rings (SSSR count). The van der Waals surface area contributed by atoms with Gasteiger partial charge in [-0.05, 0) is 51.5 Å². The lowest BCUT2D eigenvalue weighted by molar-refractivity contribution is -0.147. The van der Waals surface area contributed by atoms with E-state index in [1.165, 1.54) is 24.1 Å². The topological polar surface area (TPSA) is 39.7 Å². The van der Waals surface area contributed by atoms with E-state index in [2.05, 4.69) is 5.32 Å². The van der Waals surface area contributed by atoms with Crippen molar-refractivity contribution in [3.8, 4) is 0 Å². The van der Waals surface area contributed by atoms with E-state index in [1.807, 2.05) is 13.8 Å². The minimum atomic E-state index is -0.477. The molecular weight excluding hydrogens is 278 g/mol. The SMILES string of the molecule is CC1(C)OCC(COC2CCCC3=C2NC(Cl)CC3)O1. The molecule has 1 N–H and O–H groups in total. The molecule has 1 fully saturated rings. The molecule has 0 radical (unpaired) electrons. The minimum Gasteiger partial charge on any atom is -0.370 e.